The van der Waals surface area contributed by atoms with Crippen LogP contribution in [0.3, 0.4) is 0 Å². The quantitative estimate of drug-likeness (QED) is 0.365. The molecule has 5 rings (SSSR count). The molecule has 0 unspecified atom stereocenters. The van der Waals surface area contributed by atoms with Crippen molar-refractivity contribution in [2.45, 2.75) is 17.1 Å². The number of thioether (sulfide) groups is 1. The first-order chi connectivity index (χ1) is 15.7. The minimum absolute atomic E-state index is 0.436. The number of ether oxygens (including phenoxy) is 2. The lowest BCUT2D eigenvalue weighted by Crippen LogP contribution is -2.17. The summed E-state index contributed by atoms with van der Waals surface area (Å²) >= 11 is 7.47. The van der Waals surface area contributed by atoms with E-state index in [-0.39, 0.29) is 0 Å². The molecular formula is C24H19ClN4O2S. The van der Waals surface area contributed by atoms with Crippen molar-refractivity contribution in [3.63, 3.8) is 0 Å². The number of benzene rings is 3. The molecule has 1 aliphatic heterocycles. The zero-order valence-corrected chi connectivity index (χ0v) is 18.7. The number of nitrogens with zero attached hydrogens (tertiary/aromatic N) is 3. The van der Waals surface area contributed by atoms with Gasteiger partial charge in [0.15, 0.2) is 11.9 Å². The van der Waals surface area contributed by atoms with Gasteiger partial charge in [-0.25, -0.2) is 0 Å². The first-order valence-electron chi connectivity index (χ1n) is 9.98. The molecule has 8 heteroatoms. The summed E-state index contributed by atoms with van der Waals surface area (Å²) in [6.07, 6.45) is -0.436. The molecule has 0 spiro atoms. The number of hydrogen-bond acceptors (Lipinski definition) is 7. The second kappa shape index (κ2) is 9.06. The van der Waals surface area contributed by atoms with E-state index in [0.717, 1.165) is 28.1 Å². The molecule has 160 valence electrons. The Morgan fingerprint density at radius 1 is 1.00 bits per heavy atom. The van der Waals surface area contributed by atoms with E-state index < -0.39 is 6.23 Å². The lowest BCUT2D eigenvalue weighted by molar-refractivity contribution is 0.225. The number of halogens is 1. The first kappa shape index (κ1) is 20.6. The number of nitrogens with one attached hydrogen (secondary N) is 1. The normalized spacial score (nSPS) is 14.4. The van der Waals surface area contributed by atoms with Gasteiger partial charge in [-0.1, -0.05) is 53.7 Å². The summed E-state index contributed by atoms with van der Waals surface area (Å²) in [7, 11) is 1.65. The van der Waals surface area contributed by atoms with Crippen molar-refractivity contribution in [3.8, 4) is 22.9 Å². The van der Waals surface area contributed by atoms with Gasteiger partial charge in [0.25, 0.3) is 0 Å². The molecule has 0 bridgehead atoms. The van der Waals surface area contributed by atoms with Gasteiger partial charge < -0.3 is 14.8 Å². The number of hydrogen-bond donors (Lipinski definition) is 1. The van der Waals surface area contributed by atoms with Gasteiger partial charge in [0.2, 0.25) is 11.0 Å². The third-order valence-electron chi connectivity index (χ3n) is 5.03. The van der Waals surface area contributed by atoms with Crippen LogP contribution < -0.4 is 14.8 Å². The summed E-state index contributed by atoms with van der Waals surface area (Å²) in [4.78, 5) is 4.69. The lowest BCUT2D eigenvalue weighted by atomic mass is 10.1. The average molecular weight is 463 g/mol. The average Bonchev–Trinajstić information content (AvgIpc) is 3.00. The highest BCUT2D eigenvalue weighted by Gasteiger charge is 2.26. The van der Waals surface area contributed by atoms with Gasteiger partial charge >= 0.3 is 0 Å². The van der Waals surface area contributed by atoms with Crippen molar-refractivity contribution in [1.29, 1.82) is 0 Å². The van der Waals surface area contributed by atoms with Crippen LogP contribution in [0.4, 0.5) is 5.69 Å². The van der Waals surface area contributed by atoms with Crippen LogP contribution in [0, 0.1) is 0 Å². The summed E-state index contributed by atoms with van der Waals surface area (Å²) in [5.74, 6) is 1.93. The van der Waals surface area contributed by atoms with E-state index in [1.807, 2.05) is 72.8 Å². The molecule has 0 saturated carbocycles. The Balaban J connectivity index is 1.46. The molecule has 0 fully saturated rings. The molecular weight excluding hydrogens is 444 g/mol. The number of aromatic nitrogens is 3. The third kappa shape index (κ3) is 4.35. The molecule has 1 aliphatic rings. The Hall–Kier alpha value is -3.29. The van der Waals surface area contributed by atoms with Gasteiger partial charge in [0.05, 0.1) is 7.11 Å². The van der Waals surface area contributed by atoms with Gasteiger partial charge in [-0.15, -0.1) is 10.2 Å². The number of anilines is 1. The predicted octanol–water partition coefficient (Wildman–Crippen LogP) is 6.00. The molecule has 0 aliphatic carbocycles. The summed E-state index contributed by atoms with van der Waals surface area (Å²) in [6.45, 7) is 0. The van der Waals surface area contributed by atoms with E-state index >= 15 is 0 Å². The van der Waals surface area contributed by atoms with E-state index in [0.29, 0.717) is 27.5 Å². The zero-order chi connectivity index (χ0) is 21.9. The number of fused-ring (bicyclic) bond motifs is 3. The molecule has 4 aromatic rings. The van der Waals surface area contributed by atoms with Crippen LogP contribution in [0.1, 0.15) is 17.4 Å². The fourth-order valence-corrected chi connectivity index (χ4v) is 4.23. The Kier molecular flexibility index (Phi) is 5.83. The Morgan fingerprint density at radius 3 is 2.56 bits per heavy atom. The second-order valence-corrected chi connectivity index (χ2v) is 8.50. The van der Waals surface area contributed by atoms with Crippen LogP contribution in [-0.4, -0.2) is 22.3 Å². The summed E-state index contributed by atoms with van der Waals surface area (Å²) < 4.78 is 11.6. The molecule has 1 atom stereocenters. The molecule has 1 N–H and O–H groups in total. The molecule has 2 heterocycles. The van der Waals surface area contributed by atoms with Crippen molar-refractivity contribution >= 4 is 29.1 Å². The van der Waals surface area contributed by atoms with Gasteiger partial charge in [-0.05, 0) is 48.0 Å². The topological polar surface area (TPSA) is 69.2 Å². The third-order valence-corrected chi connectivity index (χ3v) is 6.19. The monoisotopic (exact) mass is 462 g/mol. The maximum Gasteiger partial charge on any atom is 0.247 e. The van der Waals surface area contributed by atoms with E-state index in [1.165, 1.54) is 11.8 Å². The highest BCUT2D eigenvalue weighted by molar-refractivity contribution is 7.98. The van der Waals surface area contributed by atoms with Crippen molar-refractivity contribution in [1.82, 2.24) is 15.2 Å². The highest BCUT2D eigenvalue weighted by Crippen LogP contribution is 2.39. The number of methoxy groups -OCH3 is 1. The largest absolute Gasteiger partial charge is 0.497 e. The van der Waals surface area contributed by atoms with Crippen molar-refractivity contribution in [3.05, 3.63) is 88.9 Å². The van der Waals surface area contributed by atoms with E-state index in [2.05, 4.69) is 15.5 Å². The van der Waals surface area contributed by atoms with Crippen LogP contribution in [0.15, 0.2) is 78.0 Å². The van der Waals surface area contributed by atoms with Gasteiger partial charge in [0, 0.05) is 27.6 Å². The van der Waals surface area contributed by atoms with Gasteiger partial charge in [-0.3, -0.25) is 0 Å². The van der Waals surface area contributed by atoms with Gasteiger partial charge in [-0.2, -0.15) is 4.98 Å². The lowest BCUT2D eigenvalue weighted by Gasteiger charge is -2.19. The van der Waals surface area contributed by atoms with Crippen molar-refractivity contribution in [2.24, 2.45) is 0 Å². The summed E-state index contributed by atoms with van der Waals surface area (Å²) in [5, 5.41) is 13.5. The minimum atomic E-state index is -0.436. The van der Waals surface area contributed by atoms with Crippen molar-refractivity contribution in [2.75, 3.05) is 12.4 Å². The van der Waals surface area contributed by atoms with Crippen LogP contribution in [0.2, 0.25) is 5.02 Å². The minimum Gasteiger partial charge on any atom is -0.497 e. The first-order valence-corrected chi connectivity index (χ1v) is 11.3. The number of rotatable bonds is 5. The summed E-state index contributed by atoms with van der Waals surface area (Å²) in [5.41, 5.74) is 4.49. The Bertz CT molecular complexity index is 1240. The molecule has 32 heavy (non-hydrogen) atoms. The maximum absolute atomic E-state index is 6.31. The highest BCUT2D eigenvalue weighted by atomic mass is 35.5. The zero-order valence-electron chi connectivity index (χ0n) is 17.2. The van der Waals surface area contributed by atoms with Crippen LogP contribution in [0.5, 0.6) is 11.6 Å². The van der Waals surface area contributed by atoms with E-state index in [1.54, 1.807) is 7.11 Å². The maximum atomic E-state index is 6.31. The summed E-state index contributed by atoms with van der Waals surface area (Å²) in [6, 6.07) is 23.4. The van der Waals surface area contributed by atoms with Crippen LogP contribution in [-0.2, 0) is 5.75 Å². The molecule has 0 radical (unpaired) electrons. The second-order valence-electron chi connectivity index (χ2n) is 7.12. The van der Waals surface area contributed by atoms with E-state index in [4.69, 9.17) is 26.1 Å². The van der Waals surface area contributed by atoms with E-state index in [9.17, 15) is 0 Å². The van der Waals surface area contributed by atoms with Crippen molar-refractivity contribution < 1.29 is 9.47 Å². The fourth-order valence-electron chi connectivity index (χ4n) is 3.37. The molecule has 0 amide bonds. The molecule has 3 aromatic carbocycles. The molecule has 6 nitrogen and oxygen atoms in total. The number of para-hydroxylation sites is 1. The Morgan fingerprint density at radius 2 is 1.78 bits per heavy atom. The predicted molar refractivity (Wildman–Crippen MR) is 126 cm³/mol. The smallest absolute Gasteiger partial charge is 0.247 e. The van der Waals surface area contributed by atoms with Crippen LogP contribution in [0.25, 0.3) is 11.3 Å². The molecule has 1 aromatic heterocycles. The van der Waals surface area contributed by atoms with Gasteiger partial charge in [0.1, 0.15) is 5.75 Å². The fraction of sp³-hybridized carbons (Fsp3) is 0.125. The Labute approximate surface area is 195 Å². The molecule has 0 saturated heterocycles. The van der Waals surface area contributed by atoms with Crippen LogP contribution >= 0.6 is 23.4 Å². The SMILES string of the molecule is COc1ccc([C@H]2Nc3ccccc3-c3nnc(SCc4ccc(Cl)cc4)nc3O2)cc1. The standard InChI is InChI=1S/C24H19ClN4O2S/c1-30-18-12-8-16(9-13-18)22-26-20-5-3-2-4-19(20)21-23(31-22)27-24(29-28-21)32-14-15-6-10-17(25)11-7-15/h2-13,22,26H,14H2,1H3/t22-/m0/s1.